The lowest BCUT2D eigenvalue weighted by Gasteiger charge is -2.24. The molecule has 4 aromatic heterocycles. The van der Waals surface area contributed by atoms with Gasteiger partial charge in [-0.15, -0.1) is 9.24 Å². The van der Waals surface area contributed by atoms with E-state index < -0.39 is 0 Å². The van der Waals surface area contributed by atoms with Crippen molar-refractivity contribution in [1.29, 1.82) is 0 Å². The lowest BCUT2D eigenvalue weighted by molar-refractivity contribution is 0.599. The Hall–Kier alpha value is -3.31. The maximum atomic E-state index is 4.91. The van der Waals surface area contributed by atoms with Crippen molar-refractivity contribution >= 4 is 37.0 Å². The van der Waals surface area contributed by atoms with Gasteiger partial charge >= 0.3 is 0 Å². The summed E-state index contributed by atoms with van der Waals surface area (Å²) in [5, 5.41) is 10.7. The Morgan fingerprint density at radius 1 is 1.15 bits per heavy atom. The summed E-state index contributed by atoms with van der Waals surface area (Å²) in [7, 11) is 2.69. The van der Waals surface area contributed by atoms with Gasteiger partial charge in [-0.1, -0.05) is 32.0 Å². The topological polar surface area (TPSA) is 83.8 Å². The average Bonchev–Trinajstić information content (AvgIpc) is 3.41. The van der Waals surface area contributed by atoms with Crippen LogP contribution >= 0.6 is 9.24 Å². The second kappa shape index (κ2) is 7.92. The Balaban J connectivity index is 1.41. The van der Waals surface area contributed by atoms with E-state index in [-0.39, 0.29) is 6.04 Å². The molecule has 6 rings (SSSR count). The highest BCUT2D eigenvalue weighted by atomic mass is 31.0. The molecule has 0 fully saturated rings. The van der Waals surface area contributed by atoms with Gasteiger partial charge in [0.1, 0.15) is 0 Å². The van der Waals surface area contributed by atoms with Crippen LogP contribution in [0.5, 0.6) is 0 Å². The van der Waals surface area contributed by atoms with Gasteiger partial charge in [-0.2, -0.15) is 14.6 Å². The molecule has 0 radical (unpaired) electrons. The zero-order valence-electron chi connectivity index (χ0n) is 18.7. The lowest BCUT2D eigenvalue weighted by atomic mass is 9.91. The maximum absolute atomic E-state index is 4.91. The molecule has 0 saturated heterocycles. The molecule has 1 aliphatic rings. The van der Waals surface area contributed by atoms with E-state index in [0.717, 1.165) is 47.3 Å². The molecule has 2 N–H and O–H groups in total. The molecule has 33 heavy (non-hydrogen) atoms. The van der Waals surface area contributed by atoms with Gasteiger partial charge in [0, 0.05) is 46.2 Å². The summed E-state index contributed by atoms with van der Waals surface area (Å²) in [4.78, 5) is 17.7. The molecular formula is C25H26N7P. The van der Waals surface area contributed by atoms with Crippen LogP contribution in [0.1, 0.15) is 43.0 Å². The van der Waals surface area contributed by atoms with Crippen LogP contribution in [0.3, 0.4) is 0 Å². The van der Waals surface area contributed by atoms with Crippen molar-refractivity contribution in [2.45, 2.75) is 45.1 Å². The first kappa shape index (κ1) is 20.3. The van der Waals surface area contributed by atoms with Crippen molar-refractivity contribution in [2.24, 2.45) is 0 Å². The predicted molar refractivity (Wildman–Crippen MR) is 135 cm³/mol. The molecule has 0 amide bonds. The first-order valence-corrected chi connectivity index (χ1v) is 12.0. The fourth-order valence-electron chi connectivity index (χ4n) is 4.78. The monoisotopic (exact) mass is 455 g/mol. The van der Waals surface area contributed by atoms with E-state index in [0.29, 0.717) is 11.7 Å². The van der Waals surface area contributed by atoms with E-state index in [1.165, 1.54) is 22.2 Å². The summed E-state index contributed by atoms with van der Waals surface area (Å²) >= 11 is 0. The molecule has 2 atom stereocenters. The summed E-state index contributed by atoms with van der Waals surface area (Å²) in [6.45, 7) is 4.33. The van der Waals surface area contributed by atoms with Gasteiger partial charge in [0.05, 0.1) is 6.20 Å². The van der Waals surface area contributed by atoms with Crippen LogP contribution in [0, 0.1) is 0 Å². The fraction of sp³-hybridized carbons (Fsp3) is 0.280. The first-order chi connectivity index (χ1) is 16.1. The Kier molecular flexibility index (Phi) is 4.88. The summed E-state index contributed by atoms with van der Waals surface area (Å²) < 4.78 is 1.85. The minimum atomic E-state index is 0.264. The standard InChI is InChI=1S/C25H26N7P/c1-14(2)20-13-27-32-24(20)30-23(15-9-17(33)12-26-11-15)31-25(32)28-16-7-8-22-19(10-16)18-5-3-4-6-21(18)29-22/h3-6,9,11-14,16,29H,7-8,10,33H2,1-2H3,(H,28,30,31)/t16-/m1/s1. The zero-order valence-corrected chi connectivity index (χ0v) is 19.9. The molecule has 0 aliphatic heterocycles. The highest BCUT2D eigenvalue weighted by Gasteiger charge is 2.24. The third-order valence-corrected chi connectivity index (χ3v) is 6.78. The fourth-order valence-corrected chi connectivity index (χ4v) is 5.05. The quantitative estimate of drug-likeness (QED) is 0.396. The molecule has 7 nitrogen and oxygen atoms in total. The van der Waals surface area contributed by atoms with E-state index in [4.69, 9.17) is 9.97 Å². The summed E-state index contributed by atoms with van der Waals surface area (Å²) in [6, 6.07) is 10.9. The highest BCUT2D eigenvalue weighted by Crippen LogP contribution is 2.31. The van der Waals surface area contributed by atoms with E-state index in [1.807, 2.05) is 29.2 Å². The van der Waals surface area contributed by atoms with Crippen LogP contribution in [0.2, 0.25) is 0 Å². The van der Waals surface area contributed by atoms with Crippen LogP contribution in [-0.4, -0.2) is 35.6 Å². The van der Waals surface area contributed by atoms with E-state index >= 15 is 0 Å². The smallest absolute Gasteiger partial charge is 0.228 e. The third kappa shape index (κ3) is 3.57. The Labute approximate surface area is 194 Å². The molecule has 166 valence electrons. The van der Waals surface area contributed by atoms with Crippen LogP contribution in [0.4, 0.5) is 5.95 Å². The number of hydrogen-bond acceptors (Lipinski definition) is 5. The van der Waals surface area contributed by atoms with Gasteiger partial charge in [-0.3, -0.25) is 4.98 Å². The summed E-state index contributed by atoms with van der Waals surface area (Å²) in [5.41, 5.74) is 6.82. The van der Waals surface area contributed by atoms with E-state index in [9.17, 15) is 0 Å². The number of hydrogen-bond donors (Lipinski definition) is 2. The average molecular weight is 456 g/mol. The number of rotatable bonds is 4. The van der Waals surface area contributed by atoms with Crippen molar-refractivity contribution in [3.05, 3.63) is 65.7 Å². The summed E-state index contributed by atoms with van der Waals surface area (Å²) in [5.74, 6) is 1.70. The van der Waals surface area contributed by atoms with Gasteiger partial charge < -0.3 is 10.3 Å². The molecule has 1 unspecified atom stereocenters. The molecule has 8 heteroatoms. The number of para-hydroxylation sites is 1. The van der Waals surface area contributed by atoms with Crippen molar-refractivity contribution < 1.29 is 0 Å². The van der Waals surface area contributed by atoms with Crippen LogP contribution in [0.15, 0.2) is 48.9 Å². The van der Waals surface area contributed by atoms with Crippen LogP contribution < -0.4 is 10.6 Å². The third-order valence-electron chi connectivity index (χ3n) is 6.46. The van der Waals surface area contributed by atoms with Crippen LogP contribution in [-0.2, 0) is 12.8 Å². The second-order valence-corrected chi connectivity index (χ2v) is 9.75. The van der Waals surface area contributed by atoms with E-state index in [2.05, 4.69) is 67.7 Å². The molecule has 0 bridgehead atoms. The number of aromatic nitrogens is 6. The van der Waals surface area contributed by atoms with Gasteiger partial charge in [-0.05, 0) is 48.2 Å². The minimum Gasteiger partial charge on any atom is -0.358 e. The largest absolute Gasteiger partial charge is 0.358 e. The Morgan fingerprint density at radius 3 is 2.88 bits per heavy atom. The van der Waals surface area contributed by atoms with Gasteiger partial charge in [0.25, 0.3) is 0 Å². The maximum Gasteiger partial charge on any atom is 0.228 e. The first-order valence-electron chi connectivity index (χ1n) is 11.4. The van der Waals surface area contributed by atoms with Gasteiger partial charge in [0.2, 0.25) is 5.95 Å². The molecule has 4 heterocycles. The van der Waals surface area contributed by atoms with E-state index in [1.54, 1.807) is 0 Å². The number of nitrogens with zero attached hydrogens (tertiary/aromatic N) is 5. The molecule has 1 aromatic carbocycles. The molecule has 0 saturated carbocycles. The van der Waals surface area contributed by atoms with Crippen molar-refractivity contribution in [3.63, 3.8) is 0 Å². The van der Waals surface area contributed by atoms with Crippen molar-refractivity contribution in [2.75, 3.05) is 5.32 Å². The van der Waals surface area contributed by atoms with Crippen molar-refractivity contribution in [1.82, 2.24) is 29.5 Å². The number of H-pyrrole nitrogens is 1. The normalized spacial score (nSPS) is 15.9. The molecule has 5 aromatic rings. The number of fused-ring (bicyclic) bond motifs is 4. The highest BCUT2D eigenvalue weighted by molar-refractivity contribution is 7.27. The number of aryl methyl sites for hydroxylation is 1. The van der Waals surface area contributed by atoms with Gasteiger partial charge in [0.15, 0.2) is 11.5 Å². The molecule has 0 spiro atoms. The summed E-state index contributed by atoms with van der Waals surface area (Å²) in [6.07, 6.45) is 8.52. The number of pyridine rings is 1. The predicted octanol–water partition coefficient (Wildman–Crippen LogP) is 4.26. The molecular weight excluding hydrogens is 429 g/mol. The minimum absolute atomic E-state index is 0.264. The second-order valence-electron chi connectivity index (χ2n) is 9.08. The zero-order chi connectivity index (χ0) is 22.5. The van der Waals surface area contributed by atoms with Crippen LogP contribution in [0.25, 0.3) is 27.9 Å². The lowest BCUT2D eigenvalue weighted by Crippen LogP contribution is -2.29. The SMILES string of the molecule is CC(C)c1cnn2c(N[C@@H]3CCc4[nH]c5ccccc5c4C3)nc(-c3cncc(P)c3)nc12. The number of aromatic amines is 1. The Morgan fingerprint density at radius 2 is 2.03 bits per heavy atom. The van der Waals surface area contributed by atoms with Crippen molar-refractivity contribution in [3.8, 4) is 11.4 Å². The number of anilines is 1. The Bertz CT molecular complexity index is 1480. The van der Waals surface area contributed by atoms with Gasteiger partial charge in [-0.25, -0.2) is 4.98 Å². The number of benzene rings is 1. The number of nitrogens with one attached hydrogen (secondary N) is 2. The molecule has 1 aliphatic carbocycles.